The summed E-state index contributed by atoms with van der Waals surface area (Å²) >= 11 is 0. The maximum Gasteiger partial charge on any atom is 0.0128 e. The van der Waals surface area contributed by atoms with Crippen LogP contribution in [-0.4, -0.2) is 24.5 Å². The fraction of sp³-hybridized carbons (Fsp3) is 0.765. The van der Waals surface area contributed by atoms with Gasteiger partial charge in [-0.05, 0) is 45.0 Å². The predicted molar refractivity (Wildman–Crippen MR) is 84.9 cm³/mol. The van der Waals surface area contributed by atoms with Gasteiger partial charge in [-0.2, -0.15) is 0 Å². The average molecular weight is 264 g/mol. The zero-order valence-corrected chi connectivity index (χ0v) is 13.3. The van der Waals surface area contributed by atoms with Crippen molar-refractivity contribution in [3.63, 3.8) is 0 Å². The Morgan fingerprint density at radius 2 is 1.84 bits per heavy atom. The lowest BCUT2D eigenvalue weighted by Crippen LogP contribution is -2.31. The van der Waals surface area contributed by atoms with Gasteiger partial charge in [-0.15, -0.1) is 0 Å². The molecule has 0 bridgehead atoms. The fourth-order valence-electron chi connectivity index (χ4n) is 2.98. The van der Waals surface area contributed by atoms with Crippen molar-refractivity contribution in [1.29, 1.82) is 0 Å². The Labute approximate surface area is 120 Å². The van der Waals surface area contributed by atoms with Crippen LogP contribution >= 0.6 is 0 Å². The number of allylic oxidation sites excluding steroid dienone is 1. The van der Waals surface area contributed by atoms with E-state index in [1.807, 2.05) is 0 Å². The van der Waals surface area contributed by atoms with E-state index in [2.05, 4.69) is 51.2 Å². The Balaban J connectivity index is 0.000000192. The Morgan fingerprint density at radius 1 is 1.21 bits per heavy atom. The molecule has 1 saturated heterocycles. The number of hydrogen-bond donors (Lipinski definition) is 1. The van der Waals surface area contributed by atoms with Crippen LogP contribution in [0.25, 0.3) is 0 Å². The minimum Gasteiger partial charge on any atom is -0.366 e. The van der Waals surface area contributed by atoms with Gasteiger partial charge in [-0.25, -0.2) is 0 Å². The number of nitrogens with zero attached hydrogens (tertiary/aromatic N) is 1. The van der Waals surface area contributed by atoms with Crippen molar-refractivity contribution < 1.29 is 0 Å². The topological polar surface area (TPSA) is 15.3 Å². The first-order chi connectivity index (χ1) is 8.86. The monoisotopic (exact) mass is 264 g/mol. The largest absolute Gasteiger partial charge is 0.366 e. The van der Waals surface area contributed by atoms with E-state index in [0.717, 1.165) is 17.7 Å². The highest BCUT2D eigenvalue weighted by Crippen LogP contribution is 2.34. The molecule has 2 fully saturated rings. The van der Waals surface area contributed by atoms with Gasteiger partial charge in [0, 0.05) is 17.2 Å². The van der Waals surface area contributed by atoms with Gasteiger partial charge in [0.05, 0.1) is 0 Å². The molecule has 2 aliphatic rings. The van der Waals surface area contributed by atoms with Gasteiger partial charge in [0.2, 0.25) is 0 Å². The summed E-state index contributed by atoms with van der Waals surface area (Å²) < 4.78 is 0. The standard InChI is InChI=1S/C9H17N.C8H15N/c1-10-7-6-8-4-2-3-5-9(8)10;1-6-9-7(2)8(3,4)5/h8-9H,2-7H2,1H3;6,9H,1-2H2,3-5H3. The molecular formula is C17H32N2. The zero-order chi connectivity index (χ0) is 14.5. The third-order valence-electron chi connectivity index (χ3n) is 4.47. The molecule has 1 saturated carbocycles. The van der Waals surface area contributed by atoms with Crippen LogP contribution in [0.1, 0.15) is 52.9 Å². The highest BCUT2D eigenvalue weighted by Gasteiger charge is 2.32. The maximum atomic E-state index is 3.83. The van der Waals surface area contributed by atoms with Gasteiger partial charge in [0.15, 0.2) is 0 Å². The third kappa shape index (κ3) is 5.02. The van der Waals surface area contributed by atoms with Crippen LogP contribution in [0.4, 0.5) is 0 Å². The Morgan fingerprint density at radius 3 is 2.32 bits per heavy atom. The molecule has 0 spiro atoms. The lowest BCUT2D eigenvalue weighted by Gasteiger charge is -2.28. The molecule has 1 heterocycles. The zero-order valence-electron chi connectivity index (χ0n) is 13.3. The van der Waals surface area contributed by atoms with Crippen molar-refractivity contribution in [2.45, 2.75) is 58.9 Å². The van der Waals surface area contributed by atoms with Crippen LogP contribution < -0.4 is 5.32 Å². The van der Waals surface area contributed by atoms with Crippen LogP contribution in [0.5, 0.6) is 0 Å². The summed E-state index contributed by atoms with van der Waals surface area (Å²) in [4.78, 5) is 2.56. The van der Waals surface area contributed by atoms with Crippen LogP contribution in [-0.2, 0) is 0 Å². The van der Waals surface area contributed by atoms with Crippen molar-refractivity contribution in [2.24, 2.45) is 11.3 Å². The molecule has 1 N–H and O–H groups in total. The Kier molecular flexibility index (Phi) is 6.12. The van der Waals surface area contributed by atoms with Crippen LogP contribution in [0.3, 0.4) is 0 Å². The lowest BCUT2D eigenvalue weighted by molar-refractivity contribution is 0.215. The number of likely N-dealkylation sites (tertiary alicyclic amines) is 1. The average Bonchev–Trinajstić information content (AvgIpc) is 2.72. The van der Waals surface area contributed by atoms with Crippen molar-refractivity contribution in [3.8, 4) is 0 Å². The summed E-state index contributed by atoms with van der Waals surface area (Å²) in [7, 11) is 2.29. The minimum atomic E-state index is 0.133. The molecule has 0 amide bonds. The molecular weight excluding hydrogens is 232 g/mol. The van der Waals surface area contributed by atoms with Crippen molar-refractivity contribution >= 4 is 0 Å². The first-order valence-corrected chi connectivity index (χ1v) is 7.63. The van der Waals surface area contributed by atoms with Gasteiger partial charge in [-0.1, -0.05) is 46.8 Å². The van der Waals surface area contributed by atoms with E-state index in [4.69, 9.17) is 0 Å². The second kappa shape index (κ2) is 7.14. The molecule has 0 aromatic carbocycles. The van der Waals surface area contributed by atoms with E-state index in [9.17, 15) is 0 Å². The second-order valence-electron chi connectivity index (χ2n) is 6.96. The molecule has 2 unspecified atom stereocenters. The highest BCUT2D eigenvalue weighted by molar-refractivity contribution is 5.04. The third-order valence-corrected chi connectivity index (χ3v) is 4.47. The van der Waals surface area contributed by atoms with E-state index < -0.39 is 0 Å². The molecule has 2 heteroatoms. The van der Waals surface area contributed by atoms with Gasteiger partial charge < -0.3 is 10.2 Å². The minimum absolute atomic E-state index is 0.133. The number of hydrogen-bond acceptors (Lipinski definition) is 2. The van der Waals surface area contributed by atoms with Gasteiger partial charge in [-0.3, -0.25) is 0 Å². The van der Waals surface area contributed by atoms with Gasteiger partial charge in [0.25, 0.3) is 0 Å². The molecule has 1 aliphatic carbocycles. The number of rotatable bonds is 2. The molecule has 2 nitrogen and oxygen atoms in total. The molecule has 0 aromatic rings. The summed E-state index contributed by atoms with van der Waals surface area (Å²) in [5.41, 5.74) is 1.13. The summed E-state index contributed by atoms with van der Waals surface area (Å²) in [6.07, 6.45) is 9.07. The lowest BCUT2D eigenvalue weighted by atomic mass is 9.85. The SMILES string of the molecule is C=CNC(=C)C(C)(C)C.CN1CCC2CCCCC21. The first-order valence-electron chi connectivity index (χ1n) is 7.63. The van der Waals surface area contributed by atoms with E-state index in [0.29, 0.717) is 0 Å². The number of fused-ring (bicyclic) bond motifs is 1. The normalized spacial score (nSPS) is 26.9. The predicted octanol–water partition coefficient (Wildman–Crippen LogP) is 4.16. The molecule has 2 rings (SSSR count). The van der Waals surface area contributed by atoms with Crippen LogP contribution in [0, 0.1) is 11.3 Å². The summed E-state index contributed by atoms with van der Waals surface area (Å²) in [5.74, 6) is 1.07. The van der Waals surface area contributed by atoms with Crippen LogP contribution in [0.2, 0.25) is 0 Å². The van der Waals surface area contributed by atoms with Crippen molar-refractivity contribution in [3.05, 3.63) is 25.1 Å². The van der Waals surface area contributed by atoms with Gasteiger partial charge >= 0.3 is 0 Å². The summed E-state index contributed by atoms with van der Waals surface area (Å²) in [6, 6.07) is 0.966. The van der Waals surface area contributed by atoms with E-state index in [1.165, 1.54) is 38.6 Å². The van der Waals surface area contributed by atoms with Crippen molar-refractivity contribution in [2.75, 3.05) is 13.6 Å². The molecule has 110 valence electrons. The summed E-state index contributed by atoms with van der Waals surface area (Å²) in [6.45, 7) is 15.0. The molecule has 1 aliphatic heterocycles. The quantitative estimate of drug-likeness (QED) is 0.805. The summed E-state index contributed by atoms with van der Waals surface area (Å²) in [5, 5.41) is 2.95. The Hall–Kier alpha value is -0.760. The van der Waals surface area contributed by atoms with E-state index >= 15 is 0 Å². The smallest absolute Gasteiger partial charge is 0.0128 e. The van der Waals surface area contributed by atoms with E-state index in [-0.39, 0.29) is 5.41 Å². The maximum absolute atomic E-state index is 3.83. The Bertz CT molecular complexity index is 299. The number of nitrogens with one attached hydrogen (secondary N) is 1. The second-order valence-corrected chi connectivity index (χ2v) is 6.96. The van der Waals surface area contributed by atoms with E-state index in [1.54, 1.807) is 6.20 Å². The molecule has 0 radical (unpaired) electrons. The first kappa shape index (κ1) is 16.3. The molecule has 2 atom stereocenters. The fourth-order valence-corrected chi connectivity index (χ4v) is 2.98. The van der Waals surface area contributed by atoms with Crippen LogP contribution in [0.15, 0.2) is 25.1 Å². The highest BCUT2D eigenvalue weighted by atomic mass is 15.2. The van der Waals surface area contributed by atoms with Gasteiger partial charge in [0.1, 0.15) is 0 Å². The van der Waals surface area contributed by atoms with Crippen molar-refractivity contribution in [1.82, 2.24) is 10.2 Å². The molecule has 0 aromatic heterocycles. The molecule has 19 heavy (non-hydrogen) atoms.